The van der Waals surface area contributed by atoms with Crippen molar-refractivity contribution in [3.8, 4) is 0 Å². The van der Waals surface area contributed by atoms with Crippen LogP contribution in [0, 0.1) is 11.7 Å². The molecular formula is C13H16FN3S2. The van der Waals surface area contributed by atoms with Gasteiger partial charge in [-0.3, -0.25) is 0 Å². The SMILES string of the molecule is CC(C)CNCc1ccc(Sc2nncs2)c(F)c1. The van der Waals surface area contributed by atoms with Crippen LogP contribution in [0.3, 0.4) is 0 Å². The Morgan fingerprint density at radius 1 is 1.42 bits per heavy atom. The maximum absolute atomic E-state index is 13.9. The molecule has 0 amide bonds. The van der Waals surface area contributed by atoms with E-state index in [1.165, 1.54) is 23.1 Å². The summed E-state index contributed by atoms with van der Waals surface area (Å²) in [7, 11) is 0. The molecule has 0 aliphatic rings. The first-order valence-corrected chi connectivity index (χ1v) is 7.78. The fraction of sp³-hybridized carbons (Fsp3) is 0.385. The molecule has 1 N–H and O–H groups in total. The maximum Gasteiger partial charge on any atom is 0.178 e. The van der Waals surface area contributed by atoms with Gasteiger partial charge in [-0.1, -0.05) is 43.0 Å². The summed E-state index contributed by atoms with van der Waals surface area (Å²) in [5, 5.41) is 10.9. The molecule has 0 unspecified atom stereocenters. The summed E-state index contributed by atoms with van der Waals surface area (Å²) < 4.78 is 14.7. The van der Waals surface area contributed by atoms with Crippen molar-refractivity contribution in [1.29, 1.82) is 0 Å². The number of nitrogens with zero attached hydrogens (tertiary/aromatic N) is 2. The average molecular weight is 297 g/mol. The fourth-order valence-electron chi connectivity index (χ4n) is 1.54. The minimum atomic E-state index is -0.205. The van der Waals surface area contributed by atoms with Gasteiger partial charge in [0.05, 0.1) is 4.90 Å². The molecule has 0 saturated carbocycles. The van der Waals surface area contributed by atoms with Gasteiger partial charge >= 0.3 is 0 Å². The van der Waals surface area contributed by atoms with E-state index in [1.807, 2.05) is 6.07 Å². The Hall–Kier alpha value is -0.980. The van der Waals surface area contributed by atoms with Crippen molar-refractivity contribution in [2.75, 3.05) is 6.54 Å². The van der Waals surface area contributed by atoms with E-state index in [1.54, 1.807) is 17.6 Å². The highest BCUT2D eigenvalue weighted by Gasteiger charge is 2.07. The lowest BCUT2D eigenvalue weighted by Crippen LogP contribution is -2.18. The van der Waals surface area contributed by atoms with Crippen LogP contribution >= 0.6 is 23.1 Å². The Kier molecular flexibility index (Phi) is 5.30. The quantitative estimate of drug-likeness (QED) is 0.884. The molecule has 1 heterocycles. The van der Waals surface area contributed by atoms with Crippen molar-refractivity contribution in [3.05, 3.63) is 35.1 Å². The lowest BCUT2D eigenvalue weighted by Gasteiger charge is -2.08. The van der Waals surface area contributed by atoms with Crippen molar-refractivity contribution >= 4 is 23.1 Å². The molecule has 0 spiro atoms. The van der Waals surface area contributed by atoms with E-state index in [-0.39, 0.29) is 5.82 Å². The highest BCUT2D eigenvalue weighted by Crippen LogP contribution is 2.30. The summed E-state index contributed by atoms with van der Waals surface area (Å²) in [6.45, 7) is 5.92. The minimum Gasteiger partial charge on any atom is -0.312 e. The van der Waals surface area contributed by atoms with Crippen molar-refractivity contribution in [2.45, 2.75) is 29.6 Å². The van der Waals surface area contributed by atoms with Crippen LogP contribution in [-0.2, 0) is 6.54 Å². The van der Waals surface area contributed by atoms with Crippen LogP contribution in [0.5, 0.6) is 0 Å². The predicted molar refractivity (Wildman–Crippen MR) is 77.0 cm³/mol. The normalized spacial score (nSPS) is 11.2. The molecule has 19 heavy (non-hydrogen) atoms. The molecule has 0 fully saturated rings. The summed E-state index contributed by atoms with van der Waals surface area (Å²) in [4.78, 5) is 0.587. The van der Waals surface area contributed by atoms with Gasteiger partial charge < -0.3 is 5.32 Å². The number of halogens is 1. The van der Waals surface area contributed by atoms with E-state index in [4.69, 9.17) is 0 Å². The summed E-state index contributed by atoms with van der Waals surface area (Å²) in [6, 6.07) is 5.32. The Labute approximate surface area is 120 Å². The zero-order valence-corrected chi connectivity index (χ0v) is 12.5. The van der Waals surface area contributed by atoms with Crippen LogP contribution in [0.1, 0.15) is 19.4 Å². The van der Waals surface area contributed by atoms with E-state index in [0.29, 0.717) is 17.4 Å². The van der Waals surface area contributed by atoms with Gasteiger partial charge in [0.25, 0.3) is 0 Å². The highest BCUT2D eigenvalue weighted by molar-refractivity contribution is 8.01. The predicted octanol–water partition coefficient (Wildman–Crippen LogP) is 3.57. The smallest absolute Gasteiger partial charge is 0.178 e. The number of nitrogens with one attached hydrogen (secondary N) is 1. The Morgan fingerprint density at radius 3 is 2.89 bits per heavy atom. The van der Waals surface area contributed by atoms with E-state index in [2.05, 4.69) is 29.4 Å². The molecule has 2 rings (SSSR count). The number of hydrogen-bond donors (Lipinski definition) is 1. The van der Waals surface area contributed by atoms with Crippen LogP contribution in [0.2, 0.25) is 0 Å². The van der Waals surface area contributed by atoms with Gasteiger partial charge in [-0.05, 0) is 30.2 Å². The summed E-state index contributed by atoms with van der Waals surface area (Å²) >= 11 is 2.72. The second kappa shape index (κ2) is 6.98. The van der Waals surface area contributed by atoms with Gasteiger partial charge in [-0.25, -0.2) is 4.39 Å². The third kappa shape index (κ3) is 4.56. The fourth-order valence-corrected chi connectivity index (χ4v) is 2.98. The topological polar surface area (TPSA) is 37.8 Å². The Balaban J connectivity index is 1.97. The van der Waals surface area contributed by atoms with Gasteiger partial charge in [0, 0.05) is 6.54 Å². The first kappa shape index (κ1) is 14.4. The van der Waals surface area contributed by atoms with Crippen molar-refractivity contribution < 1.29 is 4.39 Å². The van der Waals surface area contributed by atoms with Gasteiger partial charge in [0.1, 0.15) is 11.3 Å². The van der Waals surface area contributed by atoms with Gasteiger partial charge in [-0.15, -0.1) is 10.2 Å². The molecule has 6 heteroatoms. The van der Waals surface area contributed by atoms with Gasteiger partial charge in [-0.2, -0.15) is 0 Å². The summed E-state index contributed by atoms with van der Waals surface area (Å²) in [5.74, 6) is 0.390. The number of rotatable bonds is 6. The number of aromatic nitrogens is 2. The molecule has 3 nitrogen and oxygen atoms in total. The Bertz CT molecular complexity index is 515. The zero-order valence-electron chi connectivity index (χ0n) is 10.9. The van der Waals surface area contributed by atoms with Gasteiger partial charge in [0.15, 0.2) is 4.34 Å². The zero-order chi connectivity index (χ0) is 13.7. The maximum atomic E-state index is 13.9. The second-order valence-corrected chi connectivity index (χ2v) is 6.72. The second-order valence-electron chi connectivity index (χ2n) is 4.60. The van der Waals surface area contributed by atoms with E-state index in [9.17, 15) is 4.39 Å². The largest absolute Gasteiger partial charge is 0.312 e. The minimum absolute atomic E-state index is 0.205. The molecule has 0 aliphatic heterocycles. The van der Waals surface area contributed by atoms with E-state index < -0.39 is 0 Å². The summed E-state index contributed by atoms with van der Waals surface area (Å²) in [6.07, 6.45) is 0. The van der Waals surface area contributed by atoms with Crippen molar-refractivity contribution in [2.24, 2.45) is 5.92 Å². The molecule has 0 atom stereocenters. The van der Waals surface area contributed by atoms with Crippen molar-refractivity contribution in [3.63, 3.8) is 0 Å². The third-order valence-electron chi connectivity index (χ3n) is 2.42. The standard InChI is InChI=1S/C13H16FN3S2/c1-9(2)6-15-7-10-3-4-12(11(14)5-10)19-13-17-16-8-18-13/h3-5,8-9,15H,6-7H2,1-2H3. The lowest BCUT2D eigenvalue weighted by atomic mass is 10.2. The van der Waals surface area contributed by atoms with Crippen LogP contribution in [-0.4, -0.2) is 16.7 Å². The Morgan fingerprint density at radius 2 is 2.26 bits per heavy atom. The highest BCUT2D eigenvalue weighted by atomic mass is 32.2. The monoisotopic (exact) mass is 297 g/mol. The van der Waals surface area contributed by atoms with Crippen LogP contribution in [0.4, 0.5) is 4.39 Å². The van der Waals surface area contributed by atoms with Crippen LogP contribution in [0.25, 0.3) is 0 Å². The third-order valence-corrected chi connectivity index (χ3v) is 4.24. The van der Waals surface area contributed by atoms with Crippen LogP contribution < -0.4 is 5.32 Å². The first-order chi connectivity index (χ1) is 9.15. The molecule has 0 bridgehead atoms. The van der Waals surface area contributed by atoms with E-state index in [0.717, 1.165) is 16.4 Å². The molecule has 0 saturated heterocycles. The first-order valence-electron chi connectivity index (χ1n) is 6.08. The van der Waals surface area contributed by atoms with E-state index >= 15 is 0 Å². The van der Waals surface area contributed by atoms with Crippen LogP contribution in [0.15, 0.2) is 32.9 Å². The molecule has 102 valence electrons. The van der Waals surface area contributed by atoms with Gasteiger partial charge in [0.2, 0.25) is 0 Å². The number of benzene rings is 1. The molecule has 1 aromatic carbocycles. The summed E-state index contributed by atoms with van der Waals surface area (Å²) in [5.41, 5.74) is 2.60. The molecule has 0 radical (unpaired) electrons. The average Bonchev–Trinajstić information content (AvgIpc) is 2.85. The molecule has 1 aromatic heterocycles. The number of hydrogen-bond acceptors (Lipinski definition) is 5. The molecular weight excluding hydrogens is 281 g/mol. The molecule has 2 aromatic rings. The van der Waals surface area contributed by atoms with Crippen molar-refractivity contribution in [1.82, 2.24) is 15.5 Å². The lowest BCUT2D eigenvalue weighted by molar-refractivity contribution is 0.548. The molecule has 0 aliphatic carbocycles.